The molecule has 2 rings (SSSR count). The third-order valence-corrected chi connectivity index (χ3v) is 3.40. The fraction of sp³-hybridized carbons (Fsp3) is 0.222. The Morgan fingerprint density at radius 1 is 1.50 bits per heavy atom. The number of amides is 1. The molecular formula is C18H20N2O2. The number of pyridine rings is 1. The lowest BCUT2D eigenvalue weighted by atomic mass is 9.85. The van der Waals surface area contributed by atoms with Crippen molar-refractivity contribution in [3.63, 3.8) is 0 Å². The van der Waals surface area contributed by atoms with Gasteiger partial charge in [0, 0.05) is 23.4 Å². The molecule has 4 heteroatoms. The molecule has 4 nitrogen and oxygen atoms in total. The number of ether oxygens (including phenoxy) is 1. The number of hydrogen-bond donors (Lipinski definition) is 1. The smallest absolute Gasteiger partial charge is 0.257 e. The highest BCUT2D eigenvalue weighted by Gasteiger charge is 2.22. The van der Waals surface area contributed by atoms with Gasteiger partial charge in [0.15, 0.2) is 0 Å². The predicted octanol–water partition coefficient (Wildman–Crippen LogP) is 3.41. The summed E-state index contributed by atoms with van der Waals surface area (Å²) in [6.45, 7) is 9.85. The van der Waals surface area contributed by atoms with Gasteiger partial charge in [-0.2, -0.15) is 0 Å². The lowest BCUT2D eigenvalue weighted by Crippen LogP contribution is -2.24. The molecule has 1 heterocycles. The average Bonchev–Trinajstić information content (AvgIpc) is 2.54. The number of hydrogen-bond acceptors (Lipinski definition) is 3. The number of allylic oxidation sites excluding steroid dienone is 4. The molecule has 0 fully saturated rings. The average molecular weight is 296 g/mol. The first kappa shape index (κ1) is 15.8. The second kappa shape index (κ2) is 6.89. The van der Waals surface area contributed by atoms with Crippen molar-refractivity contribution in [3.05, 3.63) is 73.1 Å². The predicted molar refractivity (Wildman–Crippen MR) is 87.5 cm³/mol. The van der Waals surface area contributed by atoms with Crippen LogP contribution in [0.25, 0.3) is 0 Å². The standard InChI is InChI=1S/C18H20N2O2/c1-4-14(2)20-17(21)15-8-9-16(19-12-15)22-13-18(3)10-6-5-7-11-18/h4-10,12H,1-2,11,13H2,3H3,(H,20,21). The summed E-state index contributed by atoms with van der Waals surface area (Å²) in [6, 6.07) is 3.37. The topological polar surface area (TPSA) is 51.2 Å². The van der Waals surface area contributed by atoms with E-state index in [4.69, 9.17) is 4.74 Å². The van der Waals surface area contributed by atoms with E-state index >= 15 is 0 Å². The Hall–Kier alpha value is -2.62. The summed E-state index contributed by atoms with van der Waals surface area (Å²) in [5.74, 6) is 0.236. The molecule has 1 aliphatic carbocycles. The summed E-state index contributed by atoms with van der Waals surface area (Å²) in [4.78, 5) is 16.0. The lowest BCUT2D eigenvalue weighted by molar-refractivity contribution is 0.0967. The van der Waals surface area contributed by atoms with Crippen LogP contribution in [0.5, 0.6) is 5.88 Å². The molecule has 22 heavy (non-hydrogen) atoms. The summed E-state index contributed by atoms with van der Waals surface area (Å²) in [5, 5.41) is 2.61. The maximum Gasteiger partial charge on any atom is 0.257 e. The van der Waals surface area contributed by atoms with Gasteiger partial charge in [-0.1, -0.05) is 44.4 Å². The lowest BCUT2D eigenvalue weighted by Gasteiger charge is -2.25. The van der Waals surface area contributed by atoms with E-state index in [2.05, 4.69) is 42.5 Å². The maximum absolute atomic E-state index is 11.9. The maximum atomic E-state index is 11.9. The van der Waals surface area contributed by atoms with Gasteiger partial charge in [-0.15, -0.1) is 0 Å². The second-order valence-corrected chi connectivity index (χ2v) is 5.50. The van der Waals surface area contributed by atoms with Crippen LogP contribution < -0.4 is 10.1 Å². The van der Waals surface area contributed by atoms with Gasteiger partial charge in [0.25, 0.3) is 5.91 Å². The Labute approximate surface area is 130 Å². The molecule has 1 aromatic rings. The molecule has 1 amide bonds. The van der Waals surface area contributed by atoms with Gasteiger partial charge in [0.2, 0.25) is 5.88 Å². The van der Waals surface area contributed by atoms with Crippen molar-refractivity contribution < 1.29 is 9.53 Å². The summed E-state index contributed by atoms with van der Waals surface area (Å²) >= 11 is 0. The van der Waals surface area contributed by atoms with Gasteiger partial charge in [-0.25, -0.2) is 4.98 Å². The minimum atomic E-state index is -0.267. The van der Waals surface area contributed by atoms with Crippen LogP contribution in [0.2, 0.25) is 0 Å². The normalized spacial score (nSPS) is 19.5. The highest BCUT2D eigenvalue weighted by molar-refractivity contribution is 5.95. The minimum absolute atomic E-state index is 0.0197. The fourth-order valence-electron chi connectivity index (χ4n) is 1.99. The molecule has 1 N–H and O–H groups in total. The van der Waals surface area contributed by atoms with Crippen LogP contribution in [0.4, 0.5) is 0 Å². The molecular weight excluding hydrogens is 276 g/mol. The Bertz CT molecular complexity index is 629. The van der Waals surface area contributed by atoms with E-state index in [-0.39, 0.29) is 11.3 Å². The SMILES string of the molecule is C=CC(=C)NC(=O)c1ccc(OCC2(C)C=CC=CC2)nc1. The molecule has 1 unspecified atom stereocenters. The van der Waals surface area contributed by atoms with Crippen LogP contribution in [-0.2, 0) is 0 Å². The monoisotopic (exact) mass is 296 g/mol. The van der Waals surface area contributed by atoms with Crippen LogP contribution in [0.3, 0.4) is 0 Å². The molecule has 0 spiro atoms. The number of nitrogens with one attached hydrogen (secondary N) is 1. The quantitative estimate of drug-likeness (QED) is 0.818. The Morgan fingerprint density at radius 3 is 2.91 bits per heavy atom. The van der Waals surface area contributed by atoms with Crippen molar-refractivity contribution in [3.8, 4) is 5.88 Å². The zero-order valence-corrected chi connectivity index (χ0v) is 12.7. The Balaban J connectivity index is 1.93. The van der Waals surface area contributed by atoms with Crippen LogP contribution in [0.15, 0.2) is 67.6 Å². The fourth-order valence-corrected chi connectivity index (χ4v) is 1.99. The number of carbonyl (C=O) groups excluding carboxylic acids is 1. The molecule has 0 aromatic carbocycles. The molecule has 0 saturated heterocycles. The molecule has 0 radical (unpaired) electrons. The number of carbonyl (C=O) groups is 1. The summed E-state index contributed by atoms with van der Waals surface area (Å²) < 4.78 is 5.72. The van der Waals surface area contributed by atoms with E-state index in [1.165, 1.54) is 12.3 Å². The summed E-state index contributed by atoms with van der Waals surface area (Å²) in [7, 11) is 0. The first-order chi connectivity index (χ1) is 10.5. The van der Waals surface area contributed by atoms with Crippen LogP contribution >= 0.6 is 0 Å². The molecule has 1 aliphatic rings. The molecule has 1 aromatic heterocycles. The molecule has 114 valence electrons. The van der Waals surface area contributed by atoms with Crippen molar-refractivity contribution in [2.75, 3.05) is 6.61 Å². The van der Waals surface area contributed by atoms with Crippen LogP contribution in [-0.4, -0.2) is 17.5 Å². The highest BCUT2D eigenvalue weighted by Crippen LogP contribution is 2.27. The van der Waals surface area contributed by atoms with Gasteiger partial charge >= 0.3 is 0 Å². The Kier molecular flexibility index (Phi) is 4.94. The summed E-state index contributed by atoms with van der Waals surface area (Å²) in [6.07, 6.45) is 12.2. The van der Waals surface area contributed by atoms with E-state index in [1.54, 1.807) is 12.1 Å². The summed E-state index contributed by atoms with van der Waals surface area (Å²) in [5.41, 5.74) is 0.881. The largest absolute Gasteiger partial charge is 0.477 e. The third kappa shape index (κ3) is 4.19. The number of nitrogens with zero attached hydrogens (tertiary/aromatic N) is 1. The van der Waals surface area contributed by atoms with E-state index in [9.17, 15) is 4.79 Å². The van der Waals surface area contributed by atoms with Crippen molar-refractivity contribution in [1.82, 2.24) is 10.3 Å². The molecule has 1 atom stereocenters. The number of rotatable bonds is 6. The zero-order chi connectivity index (χ0) is 16.0. The second-order valence-electron chi connectivity index (χ2n) is 5.50. The van der Waals surface area contributed by atoms with E-state index in [0.29, 0.717) is 23.7 Å². The van der Waals surface area contributed by atoms with Crippen molar-refractivity contribution in [2.45, 2.75) is 13.3 Å². The van der Waals surface area contributed by atoms with E-state index in [1.807, 2.05) is 12.2 Å². The number of aromatic nitrogens is 1. The van der Waals surface area contributed by atoms with Gasteiger partial charge in [0.05, 0.1) is 12.2 Å². The highest BCUT2D eigenvalue weighted by atomic mass is 16.5. The van der Waals surface area contributed by atoms with Gasteiger partial charge in [0.1, 0.15) is 0 Å². The van der Waals surface area contributed by atoms with Crippen LogP contribution in [0.1, 0.15) is 23.7 Å². The van der Waals surface area contributed by atoms with Gasteiger partial charge in [-0.05, 0) is 18.6 Å². The molecule has 0 saturated carbocycles. The van der Waals surface area contributed by atoms with Gasteiger partial charge in [-0.3, -0.25) is 4.79 Å². The van der Waals surface area contributed by atoms with Crippen molar-refractivity contribution in [2.24, 2.45) is 5.41 Å². The third-order valence-electron chi connectivity index (χ3n) is 3.40. The van der Waals surface area contributed by atoms with Crippen molar-refractivity contribution >= 4 is 5.91 Å². The van der Waals surface area contributed by atoms with Crippen LogP contribution in [0, 0.1) is 5.41 Å². The van der Waals surface area contributed by atoms with E-state index in [0.717, 1.165) is 6.42 Å². The molecule has 0 aliphatic heterocycles. The van der Waals surface area contributed by atoms with Crippen molar-refractivity contribution in [1.29, 1.82) is 0 Å². The first-order valence-corrected chi connectivity index (χ1v) is 7.08. The molecule has 0 bridgehead atoms. The van der Waals surface area contributed by atoms with Gasteiger partial charge < -0.3 is 10.1 Å². The first-order valence-electron chi connectivity index (χ1n) is 7.08. The van der Waals surface area contributed by atoms with E-state index < -0.39 is 0 Å². The minimum Gasteiger partial charge on any atom is -0.477 e. The zero-order valence-electron chi connectivity index (χ0n) is 12.7. The Morgan fingerprint density at radius 2 is 2.32 bits per heavy atom.